The molecule has 0 nitrogen and oxygen atoms in total. The van der Waals surface area contributed by atoms with E-state index in [1.54, 1.807) is 0 Å². The highest BCUT2D eigenvalue weighted by Gasteiger charge is 2.22. The van der Waals surface area contributed by atoms with Gasteiger partial charge in [0.15, 0.2) is 17.8 Å². The first-order valence-corrected chi connectivity index (χ1v) is 3.46. The molecule has 0 bridgehead atoms. The molecular weight excluding hydrogens is 209 g/mol. The van der Waals surface area contributed by atoms with E-state index in [9.17, 15) is 13.2 Å². The van der Waals surface area contributed by atoms with Crippen molar-refractivity contribution in [3.63, 3.8) is 0 Å². The van der Waals surface area contributed by atoms with Gasteiger partial charge in [-0.1, -0.05) is 15.9 Å². The Labute approximate surface area is 64.5 Å². The van der Waals surface area contributed by atoms with Crippen LogP contribution in [0.1, 0.15) is 6.42 Å². The van der Waals surface area contributed by atoms with Gasteiger partial charge in [-0.3, -0.25) is 0 Å². The van der Waals surface area contributed by atoms with E-state index < -0.39 is 17.8 Å². The van der Waals surface area contributed by atoms with Crippen LogP contribution >= 0.6 is 15.9 Å². The second-order valence-corrected chi connectivity index (χ2v) is 2.98. The van der Waals surface area contributed by atoms with E-state index in [-0.39, 0.29) is 6.42 Å². The highest BCUT2D eigenvalue weighted by Crippen LogP contribution is 2.30. The molecule has 0 radical (unpaired) electrons. The van der Waals surface area contributed by atoms with Gasteiger partial charge in [0.1, 0.15) is 0 Å². The van der Waals surface area contributed by atoms with Gasteiger partial charge >= 0.3 is 0 Å². The van der Waals surface area contributed by atoms with Gasteiger partial charge in [0, 0.05) is 10.9 Å². The van der Waals surface area contributed by atoms with Crippen LogP contribution in [0.4, 0.5) is 13.2 Å². The van der Waals surface area contributed by atoms with Crippen LogP contribution in [0.5, 0.6) is 0 Å². The molecule has 10 heavy (non-hydrogen) atoms. The van der Waals surface area contributed by atoms with Crippen LogP contribution in [0.15, 0.2) is 22.2 Å². The molecule has 0 aromatic rings. The van der Waals surface area contributed by atoms with Gasteiger partial charge in [-0.25, -0.2) is 13.2 Å². The normalized spacial score (nSPS) is 26.8. The first-order valence-electron chi connectivity index (χ1n) is 2.66. The van der Waals surface area contributed by atoms with Crippen molar-refractivity contribution in [1.82, 2.24) is 0 Å². The van der Waals surface area contributed by atoms with Gasteiger partial charge in [-0.05, 0) is 6.08 Å². The van der Waals surface area contributed by atoms with Gasteiger partial charge in [0.25, 0.3) is 0 Å². The third-order valence-electron chi connectivity index (χ3n) is 1.16. The minimum absolute atomic E-state index is 0.112. The number of allylic oxidation sites excluding steroid dienone is 4. The van der Waals surface area contributed by atoms with Gasteiger partial charge in [0.2, 0.25) is 0 Å². The highest BCUT2D eigenvalue weighted by molar-refractivity contribution is 9.11. The SMILES string of the molecule is FC1=C(F)C(F)CC(Br)=C1. The molecule has 56 valence electrons. The molecule has 1 aliphatic carbocycles. The van der Waals surface area contributed by atoms with Gasteiger partial charge in [-0.2, -0.15) is 0 Å². The average Bonchev–Trinajstić information content (AvgIpc) is 1.82. The van der Waals surface area contributed by atoms with Crippen molar-refractivity contribution in [2.45, 2.75) is 12.6 Å². The Morgan fingerprint density at radius 2 is 2.10 bits per heavy atom. The Bertz CT molecular complexity index is 207. The Balaban J connectivity index is 2.92. The lowest BCUT2D eigenvalue weighted by molar-refractivity contribution is 0.310. The molecule has 4 heteroatoms. The molecule has 1 rings (SSSR count). The van der Waals surface area contributed by atoms with Gasteiger partial charge < -0.3 is 0 Å². The van der Waals surface area contributed by atoms with Crippen molar-refractivity contribution in [3.05, 3.63) is 22.2 Å². The minimum atomic E-state index is -1.82. The lowest BCUT2D eigenvalue weighted by Crippen LogP contribution is -2.06. The van der Waals surface area contributed by atoms with Crippen molar-refractivity contribution in [1.29, 1.82) is 0 Å². The van der Waals surface area contributed by atoms with E-state index in [2.05, 4.69) is 15.9 Å². The molecule has 0 amide bonds. The summed E-state index contributed by atoms with van der Waals surface area (Å²) in [6.45, 7) is 0. The maximum absolute atomic E-state index is 12.3. The smallest absolute Gasteiger partial charge is 0.170 e. The summed E-state index contributed by atoms with van der Waals surface area (Å²) in [5.74, 6) is -2.42. The lowest BCUT2D eigenvalue weighted by Gasteiger charge is -2.09. The van der Waals surface area contributed by atoms with E-state index in [4.69, 9.17) is 0 Å². The van der Waals surface area contributed by atoms with E-state index in [1.807, 2.05) is 0 Å². The van der Waals surface area contributed by atoms with Crippen LogP contribution in [-0.2, 0) is 0 Å². The van der Waals surface area contributed by atoms with E-state index in [0.29, 0.717) is 4.48 Å². The summed E-state index contributed by atoms with van der Waals surface area (Å²) in [5.41, 5.74) is 0. The Hall–Kier alpha value is -0.250. The molecule has 0 saturated carbocycles. The third-order valence-corrected chi connectivity index (χ3v) is 1.71. The molecule has 0 N–H and O–H groups in total. The second-order valence-electron chi connectivity index (χ2n) is 1.96. The molecule has 0 aliphatic heterocycles. The summed E-state index contributed by atoms with van der Waals surface area (Å²) in [6.07, 6.45) is -0.996. The molecule has 0 saturated heterocycles. The number of rotatable bonds is 0. The van der Waals surface area contributed by atoms with Crippen molar-refractivity contribution < 1.29 is 13.2 Å². The highest BCUT2D eigenvalue weighted by atomic mass is 79.9. The summed E-state index contributed by atoms with van der Waals surface area (Å²) in [4.78, 5) is 0. The number of hydrogen-bond acceptors (Lipinski definition) is 0. The maximum atomic E-state index is 12.3. The van der Waals surface area contributed by atoms with Crippen LogP contribution in [-0.4, -0.2) is 6.17 Å². The van der Waals surface area contributed by atoms with Gasteiger partial charge in [-0.15, -0.1) is 0 Å². The van der Waals surface area contributed by atoms with Crippen molar-refractivity contribution in [2.24, 2.45) is 0 Å². The Kier molecular flexibility index (Phi) is 2.18. The zero-order chi connectivity index (χ0) is 7.72. The fraction of sp³-hybridized carbons (Fsp3) is 0.333. The predicted molar refractivity (Wildman–Crippen MR) is 35.8 cm³/mol. The molecule has 0 fully saturated rings. The maximum Gasteiger partial charge on any atom is 0.170 e. The average molecular weight is 213 g/mol. The van der Waals surface area contributed by atoms with E-state index >= 15 is 0 Å². The van der Waals surface area contributed by atoms with Crippen LogP contribution in [0.2, 0.25) is 0 Å². The molecule has 1 atom stereocenters. The molecular formula is C6H4BrF3. The largest absolute Gasteiger partial charge is 0.239 e. The number of halogens is 4. The van der Waals surface area contributed by atoms with E-state index in [1.165, 1.54) is 0 Å². The van der Waals surface area contributed by atoms with Gasteiger partial charge in [0.05, 0.1) is 0 Å². The lowest BCUT2D eigenvalue weighted by atomic mass is 10.1. The molecule has 0 aromatic heterocycles. The molecule has 0 spiro atoms. The zero-order valence-electron chi connectivity index (χ0n) is 4.87. The molecule has 0 heterocycles. The molecule has 1 aliphatic rings. The monoisotopic (exact) mass is 212 g/mol. The number of alkyl halides is 1. The second kappa shape index (κ2) is 2.78. The van der Waals surface area contributed by atoms with Crippen molar-refractivity contribution in [3.8, 4) is 0 Å². The fourth-order valence-electron chi connectivity index (χ4n) is 0.676. The standard InChI is InChI=1S/C6H4BrF3/c7-3-1-4(8)6(10)5(9)2-3/h1,5H,2H2. The summed E-state index contributed by atoms with van der Waals surface area (Å²) in [6, 6.07) is 0. The Morgan fingerprint density at radius 1 is 1.50 bits per heavy atom. The first-order chi connectivity index (χ1) is 4.61. The quantitative estimate of drug-likeness (QED) is 0.579. The van der Waals surface area contributed by atoms with Crippen LogP contribution in [0, 0.1) is 0 Å². The van der Waals surface area contributed by atoms with Crippen LogP contribution < -0.4 is 0 Å². The summed E-state index contributed by atoms with van der Waals surface area (Å²) < 4.78 is 37.1. The summed E-state index contributed by atoms with van der Waals surface area (Å²) >= 11 is 2.88. The van der Waals surface area contributed by atoms with E-state index in [0.717, 1.165) is 6.08 Å². The first kappa shape index (κ1) is 7.85. The number of hydrogen-bond donors (Lipinski definition) is 0. The van der Waals surface area contributed by atoms with Crippen molar-refractivity contribution in [2.75, 3.05) is 0 Å². The fourth-order valence-corrected chi connectivity index (χ4v) is 1.16. The summed E-state index contributed by atoms with van der Waals surface area (Å²) in [7, 11) is 0. The topological polar surface area (TPSA) is 0 Å². The third kappa shape index (κ3) is 1.42. The van der Waals surface area contributed by atoms with Crippen LogP contribution in [0.3, 0.4) is 0 Å². The molecule has 1 unspecified atom stereocenters. The van der Waals surface area contributed by atoms with Crippen molar-refractivity contribution >= 4 is 15.9 Å². The van der Waals surface area contributed by atoms with Crippen LogP contribution in [0.25, 0.3) is 0 Å². The minimum Gasteiger partial charge on any atom is -0.239 e. The Morgan fingerprint density at radius 3 is 2.60 bits per heavy atom. The molecule has 0 aromatic carbocycles. The summed E-state index contributed by atoms with van der Waals surface area (Å²) in [5, 5.41) is 0. The predicted octanol–water partition coefficient (Wildman–Crippen LogP) is 3.16. The zero-order valence-corrected chi connectivity index (χ0v) is 6.46.